The van der Waals surface area contributed by atoms with E-state index in [1.54, 1.807) is 6.92 Å². The van der Waals surface area contributed by atoms with Crippen molar-refractivity contribution in [2.24, 2.45) is 0 Å². The average Bonchev–Trinajstić information content (AvgIpc) is 3.55. The molecule has 1 aromatic carbocycles. The number of halogens is 2. The monoisotopic (exact) mass is 496 g/mol. The van der Waals surface area contributed by atoms with Gasteiger partial charge in [0.1, 0.15) is 11.5 Å². The zero-order valence-corrected chi connectivity index (χ0v) is 19.8. The number of hydrogen-bond acceptors (Lipinski definition) is 7. The minimum absolute atomic E-state index is 0.00699. The van der Waals surface area contributed by atoms with Gasteiger partial charge in [0.15, 0.2) is 17.3 Å². The van der Waals surface area contributed by atoms with Crippen LogP contribution in [-0.4, -0.2) is 44.4 Å². The van der Waals surface area contributed by atoms with Crippen molar-refractivity contribution >= 4 is 11.9 Å². The summed E-state index contributed by atoms with van der Waals surface area (Å²) in [6.07, 6.45) is 5.28. The summed E-state index contributed by atoms with van der Waals surface area (Å²) in [7, 11) is 0. The summed E-state index contributed by atoms with van der Waals surface area (Å²) in [5.41, 5.74) is 1.67. The lowest BCUT2D eigenvalue weighted by Gasteiger charge is -2.39. The number of ether oxygens (including phenoxy) is 1. The molecule has 0 radical (unpaired) electrons. The third-order valence-corrected chi connectivity index (χ3v) is 7.42. The molecule has 3 aliphatic rings. The van der Waals surface area contributed by atoms with Crippen LogP contribution in [0.5, 0.6) is 0 Å². The molecule has 1 unspecified atom stereocenters. The number of nitrogens with zero attached hydrogens (tertiary/aromatic N) is 4. The van der Waals surface area contributed by atoms with Gasteiger partial charge in [-0.3, -0.25) is 0 Å². The first kappa shape index (κ1) is 23.0. The molecule has 2 aliphatic heterocycles. The van der Waals surface area contributed by atoms with Crippen LogP contribution < -0.4 is 4.90 Å². The Morgan fingerprint density at radius 1 is 1.17 bits per heavy atom. The first-order valence-electron chi connectivity index (χ1n) is 12.3. The molecule has 2 aromatic heterocycles. The molecule has 0 amide bonds. The van der Waals surface area contributed by atoms with Crippen molar-refractivity contribution in [1.29, 1.82) is 0 Å². The van der Waals surface area contributed by atoms with E-state index in [1.807, 2.05) is 0 Å². The second kappa shape index (κ2) is 8.92. The fourth-order valence-electron chi connectivity index (χ4n) is 5.59. The maximum atomic E-state index is 14.6. The molecule has 3 atom stereocenters. The summed E-state index contributed by atoms with van der Waals surface area (Å²) in [5.74, 6) is -1.55. The Morgan fingerprint density at radius 2 is 1.92 bits per heavy atom. The number of aryl methyl sites for hydroxylation is 1. The number of anilines is 1. The molecule has 1 aliphatic carbocycles. The molecular formula is C26H26F2N4O4. The highest BCUT2D eigenvalue weighted by Gasteiger charge is 2.43. The van der Waals surface area contributed by atoms with Crippen LogP contribution in [0.3, 0.4) is 0 Å². The summed E-state index contributed by atoms with van der Waals surface area (Å²) in [4.78, 5) is 22.4. The second-order valence-electron chi connectivity index (χ2n) is 9.95. The van der Waals surface area contributed by atoms with Gasteiger partial charge in [0, 0.05) is 34.8 Å². The van der Waals surface area contributed by atoms with Crippen molar-refractivity contribution in [3.63, 3.8) is 0 Å². The van der Waals surface area contributed by atoms with Crippen molar-refractivity contribution in [3.05, 3.63) is 58.6 Å². The first-order chi connectivity index (χ1) is 17.4. The van der Waals surface area contributed by atoms with E-state index in [0.717, 1.165) is 44.6 Å². The van der Waals surface area contributed by atoms with Crippen molar-refractivity contribution in [2.75, 3.05) is 4.90 Å². The number of carboxylic acids is 1. The van der Waals surface area contributed by atoms with Gasteiger partial charge in [-0.05, 0) is 63.6 Å². The number of piperidine rings is 1. The van der Waals surface area contributed by atoms with Crippen LogP contribution in [0.1, 0.15) is 71.9 Å². The lowest BCUT2D eigenvalue weighted by Crippen LogP contribution is -2.46. The van der Waals surface area contributed by atoms with E-state index in [0.29, 0.717) is 28.7 Å². The summed E-state index contributed by atoms with van der Waals surface area (Å²) in [6.45, 7) is 1.97. The summed E-state index contributed by atoms with van der Waals surface area (Å²) >= 11 is 0. The molecule has 1 saturated carbocycles. The zero-order valence-electron chi connectivity index (χ0n) is 19.8. The fraction of sp³-hybridized carbons (Fsp3) is 0.462. The van der Waals surface area contributed by atoms with Crippen molar-refractivity contribution in [2.45, 2.75) is 76.2 Å². The minimum atomic E-state index is -1.07. The number of aromatic carboxylic acids is 1. The van der Waals surface area contributed by atoms with Gasteiger partial charge in [-0.25, -0.2) is 23.5 Å². The predicted molar refractivity (Wildman–Crippen MR) is 125 cm³/mol. The molecule has 6 rings (SSSR count). The van der Waals surface area contributed by atoms with Gasteiger partial charge < -0.3 is 19.3 Å². The second-order valence-corrected chi connectivity index (χ2v) is 9.95. The third-order valence-electron chi connectivity index (χ3n) is 7.42. The number of fused-ring (bicyclic) bond motifs is 2. The number of carboxylic acid groups (broad SMARTS) is 1. The van der Waals surface area contributed by atoms with Crippen LogP contribution in [0.25, 0.3) is 11.3 Å². The zero-order chi connectivity index (χ0) is 25.0. The highest BCUT2D eigenvalue weighted by molar-refractivity contribution is 5.85. The van der Waals surface area contributed by atoms with Crippen LogP contribution in [0.2, 0.25) is 0 Å². The number of aromatic nitrogens is 3. The average molecular weight is 497 g/mol. The topological polar surface area (TPSA) is 102 Å². The lowest BCUT2D eigenvalue weighted by atomic mass is 9.99. The highest BCUT2D eigenvalue weighted by atomic mass is 19.2. The molecular weight excluding hydrogens is 470 g/mol. The molecule has 0 spiro atoms. The van der Waals surface area contributed by atoms with E-state index in [-0.39, 0.29) is 42.0 Å². The summed E-state index contributed by atoms with van der Waals surface area (Å²) < 4.78 is 40.4. The molecule has 10 heteroatoms. The SMILES string of the molecule is Cc1cc(C(=O)O)nc(N2[C@@H]3CC[C@H]2CC(OCc2c(-c4cccc(F)c4F)noc2C2CC2)C3)n1. The van der Waals surface area contributed by atoms with Gasteiger partial charge >= 0.3 is 5.97 Å². The predicted octanol–water partition coefficient (Wildman–Crippen LogP) is 5.01. The van der Waals surface area contributed by atoms with Gasteiger partial charge in [0.25, 0.3) is 0 Å². The van der Waals surface area contributed by atoms with Crippen molar-refractivity contribution in [1.82, 2.24) is 15.1 Å². The Labute approximate surface area is 206 Å². The van der Waals surface area contributed by atoms with E-state index in [9.17, 15) is 18.7 Å². The number of benzene rings is 1. The number of carbonyl (C=O) groups is 1. The molecule has 188 valence electrons. The van der Waals surface area contributed by atoms with Crippen molar-refractivity contribution in [3.8, 4) is 11.3 Å². The van der Waals surface area contributed by atoms with Gasteiger partial charge in [-0.1, -0.05) is 11.2 Å². The molecule has 3 fully saturated rings. The molecule has 2 bridgehead atoms. The lowest BCUT2D eigenvalue weighted by molar-refractivity contribution is 0.0144. The molecule has 4 heterocycles. The van der Waals surface area contributed by atoms with E-state index in [1.165, 1.54) is 18.2 Å². The van der Waals surface area contributed by atoms with Crippen LogP contribution >= 0.6 is 0 Å². The number of rotatable bonds is 7. The standard InChI is InChI=1S/C26H26F2N4O4/c1-13-9-21(25(33)34)30-26(29-13)32-15-7-8-16(32)11-17(10-15)35-12-19-23(31-36-24(19)14-5-6-14)18-3-2-4-20(27)22(18)28/h2-4,9,14-17H,5-8,10-12H2,1H3,(H,33,34)/t15-,16+,17?. The van der Waals surface area contributed by atoms with Gasteiger partial charge in [-0.2, -0.15) is 0 Å². The molecule has 8 nitrogen and oxygen atoms in total. The van der Waals surface area contributed by atoms with Crippen LogP contribution in [0, 0.1) is 18.6 Å². The normalized spacial score (nSPS) is 23.3. The van der Waals surface area contributed by atoms with Crippen LogP contribution in [0.15, 0.2) is 28.8 Å². The Balaban J connectivity index is 1.21. The smallest absolute Gasteiger partial charge is 0.354 e. The molecule has 1 N–H and O–H groups in total. The minimum Gasteiger partial charge on any atom is -0.477 e. The van der Waals surface area contributed by atoms with Crippen molar-refractivity contribution < 1.29 is 27.9 Å². The summed E-state index contributed by atoms with van der Waals surface area (Å²) in [5, 5.41) is 13.5. The van der Waals surface area contributed by atoms with Crippen LogP contribution in [-0.2, 0) is 11.3 Å². The summed E-state index contributed by atoms with van der Waals surface area (Å²) in [6, 6.07) is 5.80. The maximum Gasteiger partial charge on any atom is 0.354 e. The van der Waals surface area contributed by atoms with Gasteiger partial charge in [0.05, 0.1) is 12.7 Å². The maximum absolute atomic E-state index is 14.6. The van der Waals surface area contributed by atoms with Gasteiger partial charge in [-0.15, -0.1) is 0 Å². The van der Waals surface area contributed by atoms with E-state index in [2.05, 4.69) is 20.0 Å². The highest BCUT2D eigenvalue weighted by Crippen LogP contribution is 2.45. The fourth-order valence-corrected chi connectivity index (χ4v) is 5.59. The van der Waals surface area contributed by atoms with Crippen LogP contribution in [0.4, 0.5) is 14.7 Å². The first-order valence-corrected chi connectivity index (χ1v) is 12.3. The Bertz CT molecular complexity index is 1310. The quantitative estimate of drug-likeness (QED) is 0.487. The number of hydrogen-bond donors (Lipinski definition) is 1. The Morgan fingerprint density at radius 3 is 2.61 bits per heavy atom. The largest absolute Gasteiger partial charge is 0.477 e. The van der Waals surface area contributed by atoms with E-state index < -0.39 is 17.6 Å². The Hall–Kier alpha value is -3.40. The third kappa shape index (κ3) is 4.13. The van der Waals surface area contributed by atoms with E-state index >= 15 is 0 Å². The molecule has 36 heavy (non-hydrogen) atoms. The molecule has 3 aromatic rings. The molecule has 2 saturated heterocycles. The van der Waals surface area contributed by atoms with E-state index in [4.69, 9.17) is 9.26 Å². The Kier molecular flexibility index (Phi) is 5.70. The van der Waals surface area contributed by atoms with Gasteiger partial charge in [0.2, 0.25) is 5.95 Å².